The fourth-order valence-electron chi connectivity index (χ4n) is 2.13. The van der Waals surface area contributed by atoms with Gasteiger partial charge in [-0.3, -0.25) is 4.98 Å². The molecule has 0 saturated carbocycles. The summed E-state index contributed by atoms with van der Waals surface area (Å²) in [6.07, 6.45) is 2.53. The summed E-state index contributed by atoms with van der Waals surface area (Å²) in [4.78, 5) is 8.64. The van der Waals surface area contributed by atoms with Gasteiger partial charge in [0.1, 0.15) is 5.82 Å². The van der Waals surface area contributed by atoms with Crippen molar-refractivity contribution in [2.24, 2.45) is 4.99 Å². The van der Waals surface area contributed by atoms with E-state index in [1.807, 2.05) is 31.2 Å². The second-order valence-electron chi connectivity index (χ2n) is 5.11. The second-order valence-corrected chi connectivity index (χ2v) is 5.11. The molecule has 2 rings (SSSR count). The average molecular weight is 325 g/mol. The molecule has 2 N–H and O–H groups in total. The van der Waals surface area contributed by atoms with Crippen molar-refractivity contribution in [3.63, 3.8) is 0 Å². The molecule has 2 aromatic rings. The molecule has 5 nitrogen and oxygen atoms in total. The van der Waals surface area contributed by atoms with Gasteiger partial charge in [-0.2, -0.15) is 5.26 Å². The normalized spacial score (nSPS) is 11.0. The summed E-state index contributed by atoms with van der Waals surface area (Å²) >= 11 is 0. The quantitative estimate of drug-likeness (QED) is 0.632. The first-order chi connectivity index (χ1) is 11.7. The first-order valence-electron chi connectivity index (χ1n) is 7.83. The molecule has 24 heavy (non-hydrogen) atoms. The van der Waals surface area contributed by atoms with Gasteiger partial charge in [0.05, 0.1) is 18.2 Å². The Morgan fingerprint density at radius 3 is 2.88 bits per heavy atom. The minimum absolute atomic E-state index is 0.167. The molecule has 0 saturated heterocycles. The molecule has 0 spiro atoms. The Labute approximate surface area is 141 Å². The van der Waals surface area contributed by atoms with Gasteiger partial charge < -0.3 is 10.6 Å². The van der Waals surface area contributed by atoms with E-state index in [0.717, 1.165) is 12.1 Å². The SMILES string of the molecule is CCNC(=NCc1cc(C#N)ccc1F)NCCc1ccccn1. The van der Waals surface area contributed by atoms with Crippen molar-refractivity contribution in [3.8, 4) is 6.07 Å². The molecule has 0 radical (unpaired) electrons. The summed E-state index contributed by atoms with van der Waals surface area (Å²) in [5, 5.41) is 15.2. The van der Waals surface area contributed by atoms with Crippen LogP contribution in [0.4, 0.5) is 4.39 Å². The minimum atomic E-state index is -0.359. The highest BCUT2D eigenvalue weighted by molar-refractivity contribution is 5.79. The Bertz CT molecular complexity index is 722. The highest BCUT2D eigenvalue weighted by Crippen LogP contribution is 2.11. The molecule has 0 unspecified atom stereocenters. The van der Waals surface area contributed by atoms with E-state index >= 15 is 0 Å². The van der Waals surface area contributed by atoms with E-state index in [4.69, 9.17) is 5.26 Å². The van der Waals surface area contributed by atoms with Crippen LogP contribution in [0.5, 0.6) is 0 Å². The van der Waals surface area contributed by atoms with E-state index < -0.39 is 0 Å². The molecule has 124 valence electrons. The van der Waals surface area contributed by atoms with Gasteiger partial charge in [0.2, 0.25) is 0 Å². The fourth-order valence-corrected chi connectivity index (χ4v) is 2.13. The fraction of sp³-hybridized carbons (Fsp3) is 0.278. The summed E-state index contributed by atoms with van der Waals surface area (Å²) in [6, 6.07) is 12.1. The maximum atomic E-state index is 13.8. The zero-order valence-electron chi connectivity index (χ0n) is 13.6. The number of pyridine rings is 1. The number of halogens is 1. The summed E-state index contributed by atoms with van der Waals surface area (Å²) < 4.78 is 13.8. The highest BCUT2D eigenvalue weighted by Gasteiger charge is 2.04. The Morgan fingerprint density at radius 1 is 1.29 bits per heavy atom. The molecule has 1 aromatic carbocycles. The van der Waals surface area contributed by atoms with E-state index in [2.05, 4.69) is 20.6 Å². The predicted molar refractivity (Wildman–Crippen MR) is 91.9 cm³/mol. The first-order valence-corrected chi connectivity index (χ1v) is 7.83. The number of hydrogen-bond donors (Lipinski definition) is 2. The third-order valence-electron chi connectivity index (χ3n) is 3.33. The van der Waals surface area contributed by atoms with Crippen LogP contribution in [-0.4, -0.2) is 24.0 Å². The maximum Gasteiger partial charge on any atom is 0.191 e. The van der Waals surface area contributed by atoms with Crippen LogP contribution in [-0.2, 0) is 13.0 Å². The number of aliphatic imine (C=N–C) groups is 1. The summed E-state index contributed by atoms with van der Waals surface area (Å²) in [7, 11) is 0. The molecular formula is C18H20FN5. The number of guanidine groups is 1. The third kappa shape index (κ3) is 5.36. The molecule has 0 fully saturated rings. The predicted octanol–water partition coefficient (Wildman–Crippen LogP) is 2.39. The van der Waals surface area contributed by atoms with Crippen molar-refractivity contribution in [3.05, 3.63) is 65.2 Å². The number of benzene rings is 1. The van der Waals surface area contributed by atoms with E-state index in [1.54, 1.807) is 6.20 Å². The van der Waals surface area contributed by atoms with Crippen LogP contribution in [0.15, 0.2) is 47.6 Å². The highest BCUT2D eigenvalue weighted by atomic mass is 19.1. The first kappa shape index (κ1) is 17.4. The Morgan fingerprint density at radius 2 is 2.17 bits per heavy atom. The van der Waals surface area contributed by atoms with Crippen molar-refractivity contribution in [1.82, 2.24) is 15.6 Å². The monoisotopic (exact) mass is 325 g/mol. The molecule has 0 aliphatic rings. The minimum Gasteiger partial charge on any atom is -0.357 e. The molecule has 0 bridgehead atoms. The van der Waals surface area contributed by atoms with Crippen LogP contribution in [0.1, 0.15) is 23.7 Å². The molecule has 0 aliphatic carbocycles. The van der Waals surface area contributed by atoms with Crippen LogP contribution in [0.3, 0.4) is 0 Å². The zero-order valence-corrected chi connectivity index (χ0v) is 13.6. The molecule has 6 heteroatoms. The summed E-state index contributed by atoms with van der Waals surface area (Å²) in [5.74, 6) is 0.247. The molecule has 0 amide bonds. The van der Waals surface area contributed by atoms with Crippen molar-refractivity contribution in [1.29, 1.82) is 5.26 Å². The maximum absolute atomic E-state index is 13.8. The van der Waals surface area contributed by atoms with E-state index in [9.17, 15) is 4.39 Å². The van der Waals surface area contributed by atoms with Gasteiger partial charge >= 0.3 is 0 Å². The third-order valence-corrected chi connectivity index (χ3v) is 3.33. The van der Waals surface area contributed by atoms with Crippen molar-refractivity contribution >= 4 is 5.96 Å². The van der Waals surface area contributed by atoms with Crippen molar-refractivity contribution in [2.45, 2.75) is 19.9 Å². The second kappa shape index (κ2) is 9.26. The lowest BCUT2D eigenvalue weighted by atomic mass is 10.1. The van der Waals surface area contributed by atoms with Gasteiger partial charge in [-0.1, -0.05) is 6.07 Å². The van der Waals surface area contributed by atoms with Gasteiger partial charge in [0, 0.05) is 37.0 Å². The Hall–Kier alpha value is -2.94. The van der Waals surface area contributed by atoms with E-state index in [-0.39, 0.29) is 12.4 Å². The van der Waals surface area contributed by atoms with Crippen LogP contribution in [0, 0.1) is 17.1 Å². The van der Waals surface area contributed by atoms with Gasteiger partial charge in [0.25, 0.3) is 0 Å². The lowest BCUT2D eigenvalue weighted by Crippen LogP contribution is -2.38. The number of aromatic nitrogens is 1. The van der Waals surface area contributed by atoms with Crippen molar-refractivity contribution < 1.29 is 4.39 Å². The standard InChI is InChI=1S/C18H20FN5/c1-2-21-18(23-10-8-16-5-3-4-9-22-16)24-13-15-11-14(12-20)6-7-17(15)19/h3-7,9,11H,2,8,10,13H2,1H3,(H2,21,23,24). The molecule has 1 aromatic heterocycles. The lowest BCUT2D eigenvalue weighted by Gasteiger charge is -2.11. The number of nitrogens with one attached hydrogen (secondary N) is 2. The number of rotatable bonds is 6. The van der Waals surface area contributed by atoms with Crippen LogP contribution < -0.4 is 10.6 Å². The van der Waals surface area contributed by atoms with E-state index in [1.165, 1.54) is 18.2 Å². The van der Waals surface area contributed by atoms with E-state index in [0.29, 0.717) is 30.2 Å². The summed E-state index contributed by atoms with van der Waals surface area (Å²) in [6.45, 7) is 3.51. The van der Waals surface area contributed by atoms with Crippen LogP contribution in [0.25, 0.3) is 0 Å². The number of hydrogen-bond acceptors (Lipinski definition) is 3. The van der Waals surface area contributed by atoms with Gasteiger partial charge in [-0.15, -0.1) is 0 Å². The molecule has 0 aliphatic heterocycles. The van der Waals surface area contributed by atoms with Gasteiger partial charge in [-0.05, 0) is 37.3 Å². The van der Waals surface area contributed by atoms with Crippen LogP contribution in [0.2, 0.25) is 0 Å². The summed E-state index contributed by atoms with van der Waals surface area (Å²) in [5.41, 5.74) is 1.82. The molecule has 0 atom stereocenters. The molecule has 1 heterocycles. The zero-order chi connectivity index (χ0) is 17.2. The average Bonchev–Trinajstić information content (AvgIpc) is 2.61. The topological polar surface area (TPSA) is 73.1 Å². The molecular weight excluding hydrogens is 305 g/mol. The largest absolute Gasteiger partial charge is 0.357 e. The lowest BCUT2D eigenvalue weighted by molar-refractivity contribution is 0.610. The Kier molecular flexibility index (Phi) is 6.72. The smallest absolute Gasteiger partial charge is 0.191 e. The Balaban J connectivity index is 1.96. The number of nitrogens with zero attached hydrogens (tertiary/aromatic N) is 3. The van der Waals surface area contributed by atoms with Crippen molar-refractivity contribution in [2.75, 3.05) is 13.1 Å². The van der Waals surface area contributed by atoms with Gasteiger partial charge in [0.15, 0.2) is 5.96 Å². The van der Waals surface area contributed by atoms with Crippen LogP contribution >= 0.6 is 0 Å². The number of nitriles is 1. The van der Waals surface area contributed by atoms with Gasteiger partial charge in [-0.25, -0.2) is 9.38 Å².